The van der Waals surface area contributed by atoms with Gasteiger partial charge in [0.25, 0.3) is 0 Å². The van der Waals surface area contributed by atoms with Gasteiger partial charge in [-0.15, -0.1) is 0 Å². The predicted octanol–water partition coefficient (Wildman–Crippen LogP) is 1.74. The van der Waals surface area contributed by atoms with Crippen LogP contribution in [0.3, 0.4) is 0 Å². The zero-order valence-corrected chi connectivity index (χ0v) is 5.96. The lowest BCUT2D eigenvalue weighted by Crippen LogP contribution is -2.23. The van der Waals surface area contributed by atoms with E-state index in [4.69, 9.17) is 0 Å². The van der Waals surface area contributed by atoms with Crippen LogP contribution in [0, 0.1) is 0 Å². The fraction of sp³-hybridized carbons (Fsp3) is 0.125. The largest absolute Gasteiger partial charge is 0.429 e. The highest BCUT2D eigenvalue weighted by molar-refractivity contribution is 5.76. The topological polar surface area (TPSA) is 37.0 Å². The highest BCUT2D eigenvalue weighted by atomic mass is 19.3. The maximum Gasteiger partial charge on any atom is 0.429 e. The Balaban J connectivity index is 3.06. The van der Waals surface area contributed by atoms with Crippen molar-refractivity contribution in [1.82, 2.24) is 0 Å². The molecule has 4 heteroatoms. The molecule has 1 radical (unpaired) electrons. The predicted molar refractivity (Wildman–Crippen MR) is 36.0 cm³/mol. The van der Waals surface area contributed by atoms with Crippen LogP contribution >= 0.6 is 0 Å². The second-order valence-electron chi connectivity index (χ2n) is 2.23. The first kappa shape index (κ1) is 8.64. The van der Waals surface area contributed by atoms with Crippen molar-refractivity contribution >= 4 is 5.97 Å². The summed E-state index contributed by atoms with van der Waals surface area (Å²) in [6, 6.07) is 6.28. The van der Waals surface area contributed by atoms with Gasteiger partial charge in [0.15, 0.2) is 0 Å². The average molecular weight is 171 g/mol. The number of rotatable bonds is 2. The summed E-state index contributed by atoms with van der Waals surface area (Å²) in [7, 11) is 0. The number of halogens is 2. The molecule has 2 nitrogen and oxygen atoms in total. The molecule has 1 aromatic rings. The van der Waals surface area contributed by atoms with E-state index < -0.39 is 17.5 Å². The second-order valence-corrected chi connectivity index (χ2v) is 2.23. The van der Waals surface area contributed by atoms with Crippen molar-refractivity contribution in [3.05, 3.63) is 35.9 Å². The van der Waals surface area contributed by atoms with Crippen LogP contribution in [0.1, 0.15) is 5.56 Å². The molecule has 0 bridgehead atoms. The second kappa shape index (κ2) is 2.89. The molecule has 0 unspecified atom stereocenters. The fourth-order valence-electron chi connectivity index (χ4n) is 0.765. The van der Waals surface area contributed by atoms with Gasteiger partial charge in [-0.3, -0.25) is 0 Å². The smallest absolute Gasteiger partial charge is 0.240 e. The standard InChI is InChI=1S/C8H5F2O2/c9-8(10,7(11)12)6-4-2-1-3-5-6/h1-5H. The molecular weight excluding hydrogens is 166 g/mol. The molecular formula is C8H5F2O2. The van der Waals surface area contributed by atoms with Crippen molar-refractivity contribution in [2.24, 2.45) is 0 Å². The molecule has 0 saturated heterocycles. The molecule has 12 heavy (non-hydrogen) atoms. The van der Waals surface area contributed by atoms with Gasteiger partial charge in [0.2, 0.25) is 0 Å². The van der Waals surface area contributed by atoms with Crippen LogP contribution in [-0.2, 0) is 15.8 Å². The Kier molecular flexibility index (Phi) is 2.08. The van der Waals surface area contributed by atoms with Crippen LogP contribution in [0.4, 0.5) is 8.78 Å². The van der Waals surface area contributed by atoms with Crippen LogP contribution in [-0.4, -0.2) is 5.97 Å². The Morgan fingerprint density at radius 2 is 1.67 bits per heavy atom. The summed E-state index contributed by atoms with van der Waals surface area (Å²) in [6.07, 6.45) is 0. The van der Waals surface area contributed by atoms with E-state index in [0.29, 0.717) is 0 Å². The van der Waals surface area contributed by atoms with Gasteiger partial charge in [0.1, 0.15) is 0 Å². The minimum absolute atomic E-state index is 0.565. The molecule has 0 aliphatic heterocycles. The van der Waals surface area contributed by atoms with Gasteiger partial charge in [-0.2, -0.15) is 8.78 Å². The summed E-state index contributed by atoms with van der Waals surface area (Å²) in [5, 5.41) is 9.96. The average Bonchev–Trinajstić information content (AvgIpc) is 2.06. The third-order valence-electron chi connectivity index (χ3n) is 1.39. The van der Waals surface area contributed by atoms with Crippen LogP contribution in [0.15, 0.2) is 30.3 Å². The summed E-state index contributed by atoms with van der Waals surface area (Å²) in [5.41, 5.74) is -0.565. The van der Waals surface area contributed by atoms with Gasteiger partial charge in [-0.1, -0.05) is 30.3 Å². The first-order valence-corrected chi connectivity index (χ1v) is 3.20. The molecule has 1 rings (SSSR count). The van der Waals surface area contributed by atoms with Crippen LogP contribution < -0.4 is 0 Å². The van der Waals surface area contributed by atoms with Gasteiger partial charge >= 0.3 is 11.9 Å². The Labute approximate surface area is 67.4 Å². The summed E-state index contributed by atoms with van der Waals surface area (Å²) >= 11 is 0. The van der Waals surface area contributed by atoms with Crippen LogP contribution in [0.2, 0.25) is 0 Å². The number of carbonyl (C=O) groups excluding carboxylic acids is 1. The molecule has 0 amide bonds. The third-order valence-corrected chi connectivity index (χ3v) is 1.39. The number of alkyl halides is 2. The minimum Gasteiger partial charge on any atom is -0.240 e. The van der Waals surface area contributed by atoms with E-state index in [-0.39, 0.29) is 0 Å². The van der Waals surface area contributed by atoms with Crippen molar-refractivity contribution in [3.63, 3.8) is 0 Å². The van der Waals surface area contributed by atoms with Gasteiger partial charge in [0, 0.05) is 5.56 Å². The number of benzene rings is 1. The molecule has 0 aromatic heterocycles. The van der Waals surface area contributed by atoms with Gasteiger partial charge < -0.3 is 0 Å². The Morgan fingerprint density at radius 1 is 1.17 bits per heavy atom. The first-order chi connectivity index (χ1) is 5.55. The molecule has 0 fully saturated rings. The maximum absolute atomic E-state index is 12.6. The zero-order valence-electron chi connectivity index (χ0n) is 5.96. The molecule has 0 spiro atoms. The van der Waals surface area contributed by atoms with E-state index in [1.54, 1.807) is 0 Å². The fourth-order valence-corrected chi connectivity index (χ4v) is 0.765. The Bertz CT molecular complexity index is 282. The SMILES string of the molecule is [O]C(=O)C(F)(F)c1ccccc1. The molecule has 0 atom stereocenters. The quantitative estimate of drug-likeness (QED) is 0.667. The Morgan fingerprint density at radius 3 is 2.08 bits per heavy atom. The van der Waals surface area contributed by atoms with E-state index in [0.717, 1.165) is 12.1 Å². The first-order valence-electron chi connectivity index (χ1n) is 3.20. The van der Waals surface area contributed by atoms with E-state index >= 15 is 0 Å². The zero-order chi connectivity index (χ0) is 9.19. The number of carbonyl (C=O) groups is 1. The van der Waals surface area contributed by atoms with Gasteiger partial charge in [-0.05, 0) is 0 Å². The van der Waals surface area contributed by atoms with E-state index in [2.05, 4.69) is 0 Å². The van der Waals surface area contributed by atoms with Crippen LogP contribution in [0.5, 0.6) is 0 Å². The molecule has 0 saturated carbocycles. The molecule has 0 aliphatic rings. The van der Waals surface area contributed by atoms with Gasteiger partial charge in [0.05, 0.1) is 0 Å². The van der Waals surface area contributed by atoms with Crippen molar-refractivity contribution < 1.29 is 18.7 Å². The summed E-state index contributed by atoms with van der Waals surface area (Å²) in [5.74, 6) is -6.28. The lowest BCUT2D eigenvalue weighted by atomic mass is 10.1. The summed E-state index contributed by atoms with van der Waals surface area (Å²) < 4.78 is 25.2. The van der Waals surface area contributed by atoms with E-state index in [1.807, 2.05) is 0 Å². The molecule has 0 aliphatic carbocycles. The van der Waals surface area contributed by atoms with Crippen molar-refractivity contribution in [2.75, 3.05) is 0 Å². The highest BCUT2D eigenvalue weighted by Gasteiger charge is 2.42. The summed E-state index contributed by atoms with van der Waals surface area (Å²) in [4.78, 5) is 9.96. The number of hydrogen-bond acceptors (Lipinski definition) is 1. The molecule has 63 valence electrons. The van der Waals surface area contributed by atoms with Gasteiger partial charge in [-0.25, -0.2) is 9.90 Å². The normalized spacial score (nSPS) is 11.2. The lowest BCUT2D eigenvalue weighted by molar-refractivity contribution is -0.173. The van der Waals surface area contributed by atoms with E-state index in [1.165, 1.54) is 18.2 Å². The highest BCUT2D eigenvalue weighted by Crippen LogP contribution is 2.27. The lowest BCUT2D eigenvalue weighted by Gasteiger charge is -2.08. The molecule has 0 heterocycles. The van der Waals surface area contributed by atoms with Crippen molar-refractivity contribution in [1.29, 1.82) is 0 Å². The minimum atomic E-state index is -3.90. The van der Waals surface area contributed by atoms with E-state index in [9.17, 15) is 18.7 Å². The van der Waals surface area contributed by atoms with Crippen LogP contribution in [0.25, 0.3) is 0 Å². The summed E-state index contributed by atoms with van der Waals surface area (Å²) in [6.45, 7) is 0. The third kappa shape index (κ3) is 1.42. The number of hydrogen-bond donors (Lipinski definition) is 0. The molecule has 1 aromatic carbocycles. The van der Waals surface area contributed by atoms with Crippen molar-refractivity contribution in [2.45, 2.75) is 5.92 Å². The monoisotopic (exact) mass is 171 g/mol. The Hall–Kier alpha value is -1.45. The molecule has 0 N–H and O–H groups in total. The van der Waals surface area contributed by atoms with Crippen molar-refractivity contribution in [3.8, 4) is 0 Å². The maximum atomic E-state index is 12.6.